The Morgan fingerprint density at radius 1 is 1.20 bits per heavy atom. The number of anilines is 1. The number of nitrogens with zero attached hydrogens (tertiary/aromatic N) is 1. The molecule has 2 aromatic rings. The Labute approximate surface area is 123 Å². The van der Waals surface area contributed by atoms with Gasteiger partial charge in [0, 0.05) is 18.5 Å². The minimum absolute atomic E-state index is 0.231. The lowest BCUT2D eigenvalue weighted by atomic mass is 10.2. The molecule has 0 aliphatic rings. The maximum Gasteiger partial charge on any atom is 0.265 e. The average Bonchev–Trinajstić information content (AvgIpc) is 2.80. The first kappa shape index (κ1) is 15.0. The first-order valence-electron chi connectivity index (χ1n) is 6.20. The van der Waals surface area contributed by atoms with Crippen molar-refractivity contribution in [1.29, 1.82) is 0 Å². The van der Waals surface area contributed by atoms with E-state index < -0.39 is 10.0 Å². The van der Waals surface area contributed by atoms with Crippen LogP contribution in [0, 0.1) is 13.8 Å². The van der Waals surface area contributed by atoms with Crippen LogP contribution < -0.4 is 10.0 Å². The fourth-order valence-electron chi connectivity index (χ4n) is 2.00. The summed E-state index contributed by atoms with van der Waals surface area (Å²) < 4.78 is 26.8. The van der Waals surface area contributed by atoms with E-state index in [1.807, 2.05) is 24.4 Å². The molecule has 1 heterocycles. The molecule has 1 aromatic heterocycles. The van der Waals surface area contributed by atoms with E-state index in [-0.39, 0.29) is 6.54 Å². The van der Waals surface area contributed by atoms with Crippen molar-refractivity contribution in [1.82, 2.24) is 0 Å². The number of aryl methyl sites for hydroxylation is 2. The van der Waals surface area contributed by atoms with Crippen molar-refractivity contribution in [2.75, 3.05) is 11.4 Å². The number of rotatable bonds is 4. The molecule has 2 N–H and O–H groups in total. The Morgan fingerprint density at radius 3 is 2.35 bits per heavy atom. The molecule has 0 saturated heterocycles. The van der Waals surface area contributed by atoms with Crippen LogP contribution in [0.25, 0.3) is 0 Å². The van der Waals surface area contributed by atoms with Crippen molar-refractivity contribution in [3.05, 3.63) is 45.6 Å². The first-order chi connectivity index (χ1) is 9.37. The molecule has 0 atom stereocenters. The lowest BCUT2D eigenvalue weighted by Gasteiger charge is -2.20. The third-order valence-corrected chi connectivity index (χ3v) is 6.46. The molecule has 0 bridgehead atoms. The summed E-state index contributed by atoms with van der Waals surface area (Å²) >= 11 is 1.39. The topological polar surface area (TPSA) is 63.4 Å². The van der Waals surface area contributed by atoms with Gasteiger partial charge in [-0.3, -0.25) is 4.31 Å². The first-order valence-corrected chi connectivity index (χ1v) is 8.52. The highest BCUT2D eigenvalue weighted by molar-refractivity contribution is 7.93. The van der Waals surface area contributed by atoms with Crippen LogP contribution in [0.2, 0.25) is 0 Å². The van der Waals surface area contributed by atoms with Crippen LogP contribution in [0.4, 0.5) is 5.69 Å². The number of nitrogens with two attached hydrogens (primary N) is 1. The largest absolute Gasteiger partial charge is 0.326 e. The van der Waals surface area contributed by atoms with Crippen molar-refractivity contribution in [3.63, 3.8) is 0 Å². The summed E-state index contributed by atoms with van der Waals surface area (Å²) in [6, 6.07) is 7.39. The average molecular weight is 310 g/mol. The summed E-state index contributed by atoms with van der Waals surface area (Å²) in [6.45, 7) is 3.99. The van der Waals surface area contributed by atoms with Gasteiger partial charge in [0.2, 0.25) is 0 Å². The molecular weight excluding hydrogens is 292 g/mol. The van der Waals surface area contributed by atoms with E-state index in [9.17, 15) is 8.42 Å². The second-order valence-corrected chi connectivity index (χ2v) is 7.55. The summed E-state index contributed by atoms with van der Waals surface area (Å²) in [6.07, 6.45) is 0. The highest BCUT2D eigenvalue weighted by atomic mass is 32.2. The molecule has 0 fully saturated rings. The molecule has 0 unspecified atom stereocenters. The molecule has 0 aliphatic heterocycles. The van der Waals surface area contributed by atoms with Crippen molar-refractivity contribution in [3.8, 4) is 0 Å². The lowest BCUT2D eigenvalue weighted by molar-refractivity contribution is 0.593. The zero-order valence-corrected chi connectivity index (χ0v) is 13.4. The van der Waals surface area contributed by atoms with Gasteiger partial charge in [0.1, 0.15) is 4.90 Å². The number of hydrogen-bond acceptors (Lipinski definition) is 4. The SMILES string of the molecule is Cc1ccc(N(C)S(=O)(=O)c2c(C)csc2CN)cc1. The normalized spacial score (nSPS) is 11.6. The number of thiophene rings is 1. The van der Waals surface area contributed by atoms with Crippen molar-refractivity contribution in [2.45, 2.75) is 25.3 Å². The molecular formula is C14H18N2O2S2. The standard InChI is InChI=1S/C14H18N2O2S2/c1-10-4-6-12(7-5-10)16(3)20(17,18)14-11(2)9-19-13(14)8-15/h4-7,9H,8,15H2,1-3H3. The molecule has 20 heavy (non-hydrogen) atoms. The van der Waals surface area contributed by atoms with Gasteiger partial charge in [0.25, 0.3) is 10.0 Å². The molecule has 1 aromatic carbocycles. The van der Waals surface area contributed by atoms with Gasteiger partial charge >= 0.3 is 0 Å². The molecule has 0 radical (unpaired) electrons. The van der Waals surface area contributed by atoms with E-state index in [2.05, 4.69) is 0 Å². The second-order valence-electron chi connectivity index (χ2n) is 4.68. The van der Waals surface area contributed by atoms with E-state index in [1.165, 1.54) is 15.6 Å². The molecule has 108 valence electrons. The van der Waals surface area contributed by atoms with Crippen LogP contribution in [0.5, 0.6) is 0 Å². The van der Waals surface area contributed by atoms with Crippen molar-refractivity contribution in [2.24, 2.45) is 5.73 Å². The fraction of sp³-hybridized carbons (Fsp3) is 0.286. The minimum atomic E-state index is -3.57. The van der Waals surface area contributed by atoms with Gasteiger partial charge in [-0.1, -0.05) is 17.7 Å². The van der Waals surface area contributed by atoms with E-state index in [0.29, 0.717) is 15.5 Å². The Morgan fingerprint density at radius 2 is 1.80 bits per heavy atom. The quantitative estimate of drug-likeness (QED) is 0.944. The second kappa shape index (κ2) is 5.55. The molecule has 0 amide bonds. The van der Waals surface area contributed by atoms with Crippen molar-refractivity contribution >= 4 is 27.0 Å². The van der Waals surface area contributed by atoms with E-state index in [1.54, 1.807) is 26.1 Å². The Hall–Kier alpha value is -1.37. The predicted octanol–water partition coefficient (Wildman–Crippen LogP) is 2.65. The van der Waals surface area contributed by atoms with Crippen LogP contribution in [-0.2, 0) is 16.6 Å². The predicted molar refractivity (Wildman–Crippen MR) is 83.7 cm³/mol. The molecule has 4 nitrogen and oxygen atoms in total. The third kappa shape index (κ3) is 2.59. The van der Waals surface area contributed by atoms with Gasteiger partial charge in [0.05, 0.1) is 5.69 Å². The van der Waals surface area contributed by atoms with Crippen LogP contribution in [0.15, 0.2) is 34.5 Å². The smallest absolute Gasteiger partial charge is 0.265 e. The van der Waals surface area contributed by atoms with Crippen LogP contribution in [0.3, 0.4) is 0 Å². The van der Waals surface area contributed by atoms with Crippen LogP contribution in [-0.4, -0.2) is 15.5 Å². The highest BCUT2D eigenvalue weighted by Crippen LogP contribution is 2.31. The lowest BCUT2D eigenvalue weighted by Crippen LogP contribution is -2.27. The van der Waals surface area contributed by atoms with E-state index >= 15 is 0 Å². The zero-order valence-electron chi connectivity index (χ0n) is 11.8. The summed E-state index contributed by atoms with van der Waals surface area (Å²) in [5.74, 6) is 0. The van der Waals surface area contributed by atoms with Gasteiger partial charge in [0.15, 0.2) is 0 Å². The van der Waals surface area contributed by atoms with Gasteiger partial charge in [-0.25, -0.2) is 8.42 Å². The molecule has 0 saturated carbocycles. The minimum Gasteiger partial charge on any atom is -0.326 e. The Balaban J connectivity index is 2.49. The molecule has 0 spiro atoms. The van der Waals surface area contributed by atoms with Crippen LogP contribution in [0.1, 0.15) is 16.0 Å². The maximum atomic E-state index is 12.8. The van der Waals surface area contributed by atoms with Gasteiger partial charge in [-0.05, 0) is 36.9 Å². The van der Waals surface area contributed by atoms with E-state index in [4.69, 9.17) is 5.73 Å². The number of benzene rings is 1. The van der Waals surface area contributed by atoms with Gasteiger partial charge in [-0.15, -0.1) is 11.3 Å². The summed E-state index contributed by atoms with van der Waals surface area (Å²) in [4.78, 5) is 1.04. The Kier molecular flexibility index (Phi) is 4.17. The van der Waals surface area contributed by atoms with E-state index in [0.717, 1.165) is 11.1 Å². The van der Waals surface area contributed by atoms with Crippen molar-refractivity contribution < 1.29 is 8.42 Å². The molecule has 6 heteroatoms. The van der Waals surface area contributed by atoms with Crippen LogP contribution >= 0.6 is 11.3 Å². The number of hydrogen-bond donors (Lipinski definition) is 1. The van der Waals surface area contributed by atoms with Gasteiger partial charge in [-0.2, -0.15) is 0 Å². The fourth-order valence-corrected chi connectivity index (χ4v) is 4.85. The Bertz CT molecular complexity index is 703. The molecule has 2 rings (SSSR count). The summed E-state index contributed by atoms with van der Waals surface area (Å²) in [5, 5.41) is 1.83. The summed E-state index contributed by atoms with van der Waals surface area (Å²) in [5.41, 5.74) is 8.13. The van der Waals surface area contributed by atoms with Gasteiger partial charge < -0.3 is 5.73 Å². The molecule has 0 aliphatic carbocycles. The maximum absolute atomic E-state index is 12.8. The summed E-state index contributed by atoms with van der Waals surface area (Å²) in [7, 11) is -2.00. The monoisotopic (exact) mass is 310 g/mol. The number of sulfonamides is 1. The zero-order chi connectivity index (χ0) is 14.9. The highest BCUT2D eigenvalue weighted by Gasteiger charge is 2.27. The third-order valence-electron chi connectivity index (χ3n) is 3.19.